The minimum absolute atomic E-state index is 0.105. The predicted molar refractivity (Wildman–Crippen MR) is 135 cm³/mol. The summed E-state index contributed by atoms with van der Waals surface area (Å²) in [6, 6.07) is 12.9. The van der Waals surface area contributed by atoms with Gasteiger partial charge >= 0.3 is 5.97 Å². The Morgan fingerprint density at radius 1 is 1.09 bits per heavy atom. The summed E-state index contributed by atoms with van der Waals surface area (Å²) in [6.07, 6.45) is 1.92. The zero-order valence-electron chi connectivity index (χ0n) is 19.6. The number of fused-ring (bicyclic) bond motifs is 1. The molecule has 0 saturated carbocycles. The fraction of sp³-hybridized carbons (Fsp3) is 0.269. The maximum atomic E-state index is 12.7. The largest absolute Gasteiger partial charge is 0.484 e. The van der Waals surface area contributed by atoms with E-state index < -0.39 is 0 Å². The molecule has 0 bridgehead atoms. The van der Waals surface area contributed by atoms with E-state index in [0.717, 1.165) is 27.5 Å². The third-order valence-corrected chi connectivity index (χ3v) is 6.40. The SMILES string of the molecule is CCOC(=O)C1=C(C)N=C2SC=CN2[C@H]1c1ccc(OCC(=O)Nc2c(C)cccc2C)cc1. The number of esters is 1. The average molecular weight is 478 g/mol. The molecule has 1 N–H and O–H groups in total. The van der Waals surface area contributed by atoms with E-state index in [1.807, 2.05) is 67.6 Å². The summed E-state index contributed by atoms with van der Waals surface area (Å²) in [7, 11) is 0. The Hall–Kier alpha value is -3.52. The first-order valence-electron chi connectivity index (χ1n) is 11.1. The van der Waals surface area contributed by atoms with Crippen molar-refractivity contribution in [3.8, 4) is 5.75 Å². The van der Waals surface area contributed by atoms with Gasteiger partial charge in [0.05, 0.1) is 23.9 Å². The Bertz CT molecular complexity index is 1180. The van der Waals surface area contributed by atoms with Gasteiger partial charge in [0.15, 0.2) is 11.8 Å². The topological polar surface area (TPSA) is 80.2 Å². The van der Waals surface area contributed by atoms with Crippen molar-refractivity contribution < 1.29 is 19.1 Å². The summed E-state index contributed by atoms with van der Waals surface area (Å²) in [5, 5.41) is 5.68. The lowest BCUT2D eigenvalue weighted by atomic mass is 9.95. The third kappa shape index (κ3) is 4.87. The molecule has 1 amide bonds. The van der Waals surface area contributed by atoms with E-state index in [0.29, 0.717) is 23.6 Å². The summed E-state index contributed by atoms with van der Waals surface area (Å²) in [5.74, 6) is -0.0339. The molecule has 2 aliphatic rings. The van der Waals surface area contributed by atoms with Gasteiger partial charge in [-0.3, -0.25) is 4.79 Å². The molecule has 2 aromatic carbocycles. The number of ether oxygens (including phenoxy) is 2. The van der Waals surface area contributed by atoms with Crippen LogP contribution in [0.1, 0.15) is 36.6 Å². The molecule has 0 fully saturated rings. The number of benzene rings is 2. The maximum Gasteiger partial charge on any atom is 0.338 e. The highest BCUT2D eigenvalue weighted by Gasteiger charge is 2.37. The normalized spacial score (nSPS) is 16.8. The van der Waals surface area contributed by atoms with Gasteiger partial charge in [0, 0.05) is 11.9 Å². The van der Waals surface area contributed by atoms with Crippen LogP contribution in [-0.4, -0.2) is 35.2 Å². The quantitative estimate of drug-likeness (QED) is 0.560. The second-order valence-corrected chi connectivity index (χ2v) is 8.87. The number of nitrogens with zero attached hydrogens (tertiary/aromatic N) is 2. The van der Waals surface area contributed by atoms with E-state index in [1.165, 1.54) is 11.8 Å². The molecule has 2 aliphatic heterocycles. The van der Waals surface area contributed by atoms with Crippen molar-refractivity contribution in [3.63, 3.8) is 0 Å². The second kappa shape index (κ2) is 10.2. The summed E-state index contributed by atoms with van der Waals surface area (Å²) >= 11 is 1.51. The number of carbonyl (C=O) groups is 2. The number of para-hydroxylation sites is 1. The van der Waals surface area contributed by atoms with Crippen molar-refractivity contribution in [3.05, 3.63) is 82.0 Å². The molecule has 0 aromatic heterocycles. The zero-order valence-corrected chi connectivity index (χ0v) is 20.4. The van der Waals surface area contributed by atoms with Crippen molar-refractivity contribution >= 4 is 34.5 Å². The number of hydrogen-bond acceptors (Lipinski definition) is 7. The van der Waals surface area contributed by atoms with Crippen LogP contribution in [0, 0.1) is 13.8 Å². The van der Waals surface area contributed by atoms with Gasteiger partial charge in [-0.05, 0) is 61.9 Å². The van der Waals surface area contributed by atoms with Crippen LogP contribution < -0.4 is 10.1 Å². The molecule has 0 saturated heterocycles. The smallest absolute Gasteiger partial charge is 0.338 e. The van der Waals surface area contributed by atoms with Crippen LogP contribution in [0.4, 0.5) is 5.69 Å². The molecule has 34 heavy (non-hydrogen) atoms. The Balaban J connectivity index is 1.48. The van der Waals surface area contributed by atoms with Crippen molar-refractivity contribution in [2.45, 2.75) is 33.7 Å². The molecule has 0 radical (unpaired) electrons. The first-order chi connectivity index (χ1) is 16.4. The number of hydrogen-bond donors (Lipinski definition) is 1. The van der Waals surface area contributed by atoms with E-state index in [1.54, 1.807) is 19.1 Å². The monoisotopic (exact) mass is 477 g/mol. The lowest BCUT2D eigenvalue weighted by Gasteiger charge is -2.33. The lowest BCUT2D eigenvalue weighted by molar-refractivity contribution is -0.139. The number of amides is 1. The van der Waals surface area contributed by atoms with Crippen LogP contribution in [-0.2, 0) is 14.3 Å². The number of aliphatic imine (C=N–C) groups is 1. The van der Waals surface area contributed by atoms with Gasteiger partial charge < -0.3 is 19.7 Å². The fourth-order valence-corrected chi connectivity index (χ4v) is 4.77. The summed E-state index contributed by atoms with van der Waals surface area (Å²) in [4.78, 5) is 31.7. The van der Waals surface area contributed by atoms with Gasteiger partial charge in [0.2, 0.25) is 0 Å². The molecule has 0 unspecified atom stereocenters. The number of rotatable bonds is 7. The molecule has 176 valence electrons. The van der Waals surface area contributed by atoms with Crippen LogP contribution >= 0.6 is 11.8 Å². The fourth-order valence-electron chi connectivity index (χ4n) is 3.98. The van der Waals surface area contributed by atoms with Crippen molar-refractivity contribution in [1.82, 2.24) is 4.90 Å². The van der Waals surface area contributed by atoms with E-state index in [9.17, 15) is 9.59 Å². The maximum absolute atomic E-state index is 12.7. The Morgan fingerprint density at radius 3 is 2.47 bits per heavy atom. The molecule has 8 heteroatoms. The van der Waals surface area contributed by atoms with Gasteiger partial charge in [0.1, 0.15) is 5.75 Å². The summed E-state index contributed by atoms with van der Waals surface area (Å²) in [6.45, 7) is 7.71. The Morgan fingerprint density at radius 2 is 1.79 bits per heavy atom. The van der Waals surface area contributed by atoms with Gasteiger partial charge in [-0.15, -0.1) is 0 Å². The third-order valence-electron chi connectivity index (χ3n) is 5.63. The molecular formula is C26H27N3O4S. The molecule has 4 rings (SSSR count). The van der Waals surface area contributed by atoms with E-state index in [2.05, 4.69) is 10.3 Å². The highest BCUT2D eigenvalue weighted by atomic mass is 32.2. The van der Waals surface area contributed by atoms with Gasteiger partial charge in [0.25, 0.3) is 5.91 Å². The molecule has 2 aromatic rings. The molecule has 7 nitrogen and oxygen atoms in total. The number of amidine groups is 1. The number of aryl methyl sites for hydroxylation is 2. The van der Waals surface area contributed by atoms with Crippen LogP contribution in [0.3, 0.4) is 0 Å². The van der Waals surface area contributed by atoms with Gasteiger partial charge in [-0.25, -0.2) is 9.79 Å². The number of nitrogens with one attached hydrogen (secondary N) is 1. The number of thioether (sulfide) groups is 1. The summed E-state index contributed by atoms with van der Waals surface area (Å²) in [5.41, 5.74) is 4.88. The highest BCUT2D eigenvalue weighted by Crippen LogP contribution is 2.41. The first-order valence-corrected chi connectivity index (χ1v) is 11.9. The number of anilines is 1. The molecule has 0 aliphatic carbocycles. The number of allylic oxidation sites excluding steroid dienone is 1. The van der Waals surface area contributed by atoms with Crippen LogP contribution in [0.25, 0.3) is 0 Å². The minimum atomic E-state index is -0.374. The van der Waals surface area contributed by atoms with Gasteiger partial charge in [-0.1, -0.05) is 42.1 Å². The van der Waals surface area contributed by atoms with Crippen LogP contribution in [0.5, 0.6) is 5.75 Å². The van der Waals surface area contributed by atoms with Crippen molar-refractivity contribution in [1.29, 1.82) is 0 Å². The summed E-state index contributed by atoms with van der Waals surface area (Å²) < 4.78 is 11.0. The standard InChI is InChI=1S/C26H27N3O4S/c1-5-32-25(31)22-18(4)27-26-29(13-14-34-26)24(22)19-9-11-20(12-10-19)33-15-21(30)28-23-16(2)7-6-8-17(23)3/h6-14,24H,5,15H2,1-4H3,(H,28,30)/t24-/m0/s1. The van der Waals surface area contributed by atoms with E-state index in [4.69, 9.17) is 9.47 Å². The van der Waals surface area contributed by atoms with Gasteiger partial charge in [-0.2, -0.15) is 0 Å². The zero-order chi connectivity index (χ0) is 24.2. The van der Waals surface area contributed by atoms with Crippen molar-refractivity contribution in [2.75, 3.05) is 18.5 Å². The van der Waals surface area contributed by atoms with Crippen LogP contribution in [0.2, 0.25) is 0 Å². The predicted octanol–water partition coefficient (Wildman–Crippen LogP) is 5.09. The Kier molecular flexibility index (Phi) is 7.07. The first kappa shape index (κ1) is 23.6. The van der Waals surface area contributed by atoms with E-state index in [-0.39, 0.29) is 24.5 Å². The highest BCUT2D eigenvalue weighted by molar-refractivity contribution is 8.16. The molecular weight excluding hydrogens is 450 g/mol. The second-order valence-electron chi connectivity index (χ2n) is 8.00. The molecule has 2 heterocycles. The Labute approximate surface area is 203 Å². The molecule has 0 spiro atoms. The minimum Gasteiger partial charge on any atom is -0.484 e. The van der Waals surface area contributed by atoms with Crippen LogP contribution in [0.15, 0.2) is 70.3 Å². The average Bonchev–Trinajstić information content (AvgIpc) is 3.28. The lowest BCUT2D eigenvalue weighted by Crippen LogP contribution is -2.34. The van der Waals surface area contributed by atoms with Crippen molar-refractivity contribution in [2.24, 2.45) is 4.99 Å². The van der Waals surface area contributed by atoms with E-state index >= 15 is 0 Å². The molecule has 1 atom stereocenters. The number of carbonyl (C=O) groups excluding carboxylic acids is 2.